The average Bonchev–Trinajstić information content (AvgIpc) is 3.55. The van der Waals surface area contributed by atoms with E-state index in [2.05, 4.69) is 31.1 Å². The van der Waals surface area contributed by atoms with E-state index < -0.39 is 75.8 Å². The van der Waals surface area contributed by atoms with Crippen molar-refractivity contribution in [3.63, 3.8) is 0 Å². The summed E-state index contributed by atoms with van der Waals surface area (Å²) in [6, 6.07) is -4.20. The summed E-state index contributed by atoms with van der Waals surface area (Å²) in [5, 5.41) is 34.2. The largest absolute Gasteiger partial charge is 0.512 e. The van der Waals surface area contributed by atoms with Crippen molar-refractivity contribution in [1.82, 2.24) is 40.7 Å². The van der Waals surface area contributed by atoms with Crippen LogP contribution < -0.4 is 22.1 Å². The minimum atomic E-state index is -4.47. The summed E-state index contributed by atoms with van der Waals surface area (Å²) in [6.07, 6.45) is -2.38. The van der Waals surface area contributed by atoms with E-state index in [1.165, 1.54) is 5.38 Å². The molecule has 3 amide bonds. The Morgan fingerprint density at radius 3 is 2.61 bits per heavy atom. The zero-order valence-electron chi connectivity index (χ0n) is 21.8. The molecule has 4 atom stereocenters. The molecule has 0 radical (unpaired) electrons. The molecule has 2 aromatic heterocycles. The van der Waals surface area contributed by atoms with Gasteiger partial charge in [0.05, 0.1) is 12.1 Å². The predicted molar refractivity (Wildman–Crippen MR) is 149 cm³/mol. The first-order valence-electron chi connectivity index (χ1n) is 11.8. The van der Waals surface area contributed by atoms with E-state index in [9.17, 15) is 37.5 Å². The van der Waals surface area contributed by atoms with Gasteiger partial charge in [-0.05, 0) is 10.4 Å². The zero-order valence-corrected chi connectivity index (χ0v) is 25.1. The summed E-state index contributed by atoms with van der Waals surface area (Å²) in [5.74, 6) is -5.15. The quantitative estimate of drug-likeness (QED) is 0.0498. The Kier molecular flexibility index (Phi) is 9.94. The lowest BCUT2D eigenvalue weighted by molar-refractivity contribution is -0.149. The molecule has 2 aromatic rings. The van der Waals surface area contributed by atoms with Crippen LogP contribution in [-0.4, -0.2) is 112 Å². The molecule has 0 aromatic carbocycles. The van der Waals surface area contributed by atoms with Crippen LogP contribution in [0.5, 0.6) is 0 Å². The number of carboxylic acids is 1. The van der Waals surface area contributed by atoms with Crippen molar-refractivity contribution in [2.75, 3.05) is 17.2 Å². The van der Waals surface area contributed by atoms with Crippen molar-refractivity contribution in [2.45, 2.75) is 41.0 Å². The van der Waals surface area contributed by atoms with Crippen molar-refractivity contribution in [3.05, 3.63) is 22.5 Å². The zero-order chi connectivity index (χ0) is 32.3. The predicted octanol–water partition coefficient (Wildman–Crippen LogP) is -2.39. The highest BCUT2D eigenvalue weighted by Crippen LogP contribution is 2.42. The van der Waals surface area contributed by atoms with E-state index in [1.807, 2.05) is 0 Å². The van der Waals surface area contributed by atoms with E-state index in [0.717, 1.165) is 44.4 Å². The van der Waals surface area contributed by atoms with Gasteiger partial charge in [-0.15, -0.1) is 28.2 Å². The number of fused-ring (bicyclic) bond motifs is 1. The van der Waals surface area contributed by atoms with Gasteiger partial charge in [0.15, 0.2) is 17.1 Å². The number of β-lactam (4-membered cyclic amide) rings is 1. The Morgan fingerprint density at radius 1 is 1.27 bits per heavy atom. The van der Waals surface area contributed by atoms with Gasteiger partial charge in [-0.1, -0.05) is 11.8 Å². The van der Waals surface area contributed by atoms with Crippen LogP contribution >= 0.6 is 34.9 Å². The van der Waals surface area contributed by atoms with Crippen molar-refractivity contribution >= 4 is 80.0 Å². The molecule has 238 valence electrons. The molecule has 2 aliphatic rings. The van der Waals surface area contributed by atoms with E-state index >= 15 is 0 Å². The van der Waals surface area contributed by atoms with Gasteiger partial charge in [0.2, 0.25) is 22.9 Å². The minimum absolute atomic E-state index is 0.0209. The fourth-order valence-corrected chi connectivity index (χ4v) is 7.33. The second-order valence-electron chi connectivity index (χ2n) is 8.89. The molecule has 9 N–H and O–H groups in total. The molecular weight excluding hydrogens is 673 g/mol. The maximum absolute atomic E-state index is 13.3. The lowest BCUT2D eigenvalue weighted by atomic mass is 10.0. The van der Waals surface area contributed by atoms with Gasteiger partial charge in [-0.2, -0.15) is 8.42 Å². The van der Waals surface area contributed by atoms with Gasteiger partial charge in [0.1, 0.15) is 17.5 Å². The number of anilines is 1. The number of tetrazole rings is 1. The van der Waals surface area contributed by atoms with Crippen LogP contribution in [-0.2, 0) is 39.9 Å². The summed E-state index contributed by atoms with van der Waals surface area (Å²) in [6.45, 7) is 0. The average molecular weight is 695 g/mol. The van der Waals surface area contributed by atoms with Gasteiger partial charge in [0, 0.05) is 22.5 Å². The van der Waals surface area contributed by atoms with Gasteiger partial charge < -0.3 is 37.1 Å². The highest BCUT2D eigenvalue weighted by Gasteiger charge is 2.54. The number of aromatic nitrogens is 5. The Labute approximate surface area is 258 Å². The Hall–Kier alpha value is -4.04. The monoisotopic (exact) mass is 694 g/mol. The third-order valence-electron chi connectivity index (χ3n) is 5.76. The number of nitrogen functional groups attached to an aromatic ring is 1. The number of nitrogens with two attached hydrogens (primary N) is 2. The van der Waals surface area contributed by atoms with Crippen molar-refractivity contribution < 1.29 is 51.9 Å². The van der Waals surface area contributed by atoms with Crippen LogP contribution in [0, 0.1) is 0 Å². The molecule has 1 fully saturated rings. The molecule has 4 rings (SSSR count). The van der Waals surface area contributed by atoms with E-state index in [-0.39, 0.29) is 33.4 Å². The van der Waals surface area contributed by atoms with E-state index in [1.54, 1.807) is 0 Å². The number of aliphatic carboxylic acids is 1. The van der Waals surface area contributed by atoms with Gasteiger partial charge in [-0.3, -0.25) is 28.6 Å². The minimum Gasteiger partial charge on any atom is -0.480 e. The van der Waals surface area contributed by atoms with Crippen molar-refractivity contribution in [2.24, 2.45) is 5.73 Å². The molecule has 1 saturated heterocycles. The second kappa shape index (κ2) is 13.3. The lowest BCUT2D eigenvalue weighted by Crippen LogP contribution is -2.70. The van der Waals surface area contributed by atoms with Crippen LogP contribution in [0.25, 0.3) is 0 Å². The summed E-state index contributed by atoms with van der Waals surface area (Å²) >= 11 is 3.00. The van der Waals surface area contributed by atoms with Crippen molar-refractivity contribution in [1.29, 1.82) is 0 Å². The first-order valence-corrected chi connectivity index (χ1v) is 16.4. The number of nitrogens with zero attached hydrogens (tertiary/aromatic N) is 6. The number of carbonyl (C=O) groups excluding carboxylic acids is 3. The van der Waals surface area contributed by atoms with Crippen molar-refractivity contribution in [3.8, 4) is 0 Å². The normalized spacial score (nSPS) is 19.4. The molecular formula is C19H22N10O11S4. The number of carboxylic acid groups (broad SMARTS) is 2. The van der Waals surface area contributed by atoms with Crippen LogP contribution in [0.3, 0.4) is 0 Å². The van der Waals surface area contributed by atoms with E-state index in [4.69, 9.17) is 25.9 Å². The lowest BCUT2D eigenvalue weighted by Gasteiger charge is -2.49. The standard InChI is InChI=1S/C19H22N10O11S4/c20-7(16(33)34)1-9(30)23-10(8-4-42-17(21)22-8)12(31)24-11-13(32)29-14(40-19(35)36)6(2-41-15(11)29)3-43-18-25-26-27-28(18)5-44(37,38)39/h4,7,10-11,15H,1-3,5,20H2,(H2,21,22)(H,23,30)(H,24,31)(H,33,34)(H,35,36)(H,37,38,39)/t7-,10+,11-,15+/m1/s1. The molecule has 0 spiro atoms. The third-order valence-corrected chi connectivity index (χ3v) is 9.41. The number of nitrogens with one attached hydrogen (secondary N) is 2. The number of amides is 3. The molecule has 0 unspecified atom stereocenters. The summed E-state index contributed by atoms with van der Waals surface area (Å²) in [5.41, 5.74) is 11.4. The fourth-order valence-electron chi connectivity index (χ4n) is 3.85. The summed E-state index contributed by atoms with van der Waals surface area (Å²) in [7, 11) is -4.47. The maximum Gasteiger partial charge on any atom is 0.512 e. The first kappa shape index (κ1) is 32.9. The van der Waals surface area contributed by atoms with Crippen LogP contribution in [0.2, 0.25) is 0 Å². The Balaban J connectivity index is 1.49. The number of ether oxygens (including phenoxy) is 1. The Morgan fingerprint density at radius 2 is 2.00 bits per heavy atom. The van der Waals surface area contributed by atoms with Crippen LogP contribution in [0.1, 0.15) is 18.2 Å². The molecule has 44 heavy (non-hydrogen) atoms. The van der Waals surface area contributed by atoms with Gasteiger partial charge in [0.25, 0.3) is 16.0 Å². The number of carbonyl (C=O) groups is 5. The summed E-state index contributed by atoms with van der Waals surface area (Å²) < 4.78 is 37.2. The van der Waals surface area contributed by atoms with Crippen LogP contribution in [0.15, 0.2) is 22.0 Å². The molecule has 4 heterocycles. The summed E-state index contributed by atoms with van der Waals surface area (Å²) in [4.78, 5) is 66.4. The third kappa shape index (κ3) is 7.72. The molecule has 0 aliphatic carbocycles. The molecule has 0 saturated carbocycles. The smallest absolute Gasteiger partial charge is 0.480 e. The number of hydrogen-bond donors (Lipinski definition) is 7. The highest BCUT2D eigenvalue weighted by atomic mass is 32.2. The number of rotatable bonds is 13. The highest BCUT2D eigenvalue weighted by molar-refractivity contribution is 8.01. The maximum atomic E-state index is 13.3. The Bertz CT molecular complexity index is 1630. The second-order valence-corrected chi connectivity index (χ2v) is 13.3. The number of thioether (sulfide) groups is 2. The molecule has 0 bridgehead atoms. The van der Waals surface area contributed by atoms with Crippen LogP contribution in [0.4, 0.5) is 9.93 Å². The number of hydrogen-bond acceptors (Lipinski definition) is 17. The first-order chi connectivity index (χ1) is 20.6. The molecule has 25 heteroatoms. The molecule has 2 aliphatic heterocycles. The van der Waals surface area contributed by atoms with Gasteiger partial charge >= 0.3 is 12.1 Å². The topological polar surface area (TPSA) is 325 Å². The SMILES string of the molecule is Nc1nc([C@H](NC(=O)C[C@@H](N)C(=O)O)C(=O)N[C@@H]2C(=O)N3C(OC(=O)O)=C(CSc4nnnn4CS(=O)(=O)O)CS[C@@H]23)cs1. The fraction of sp³-hybridized carbons (Fsp3) is 0.421. The molecule has 21 nitrogen and oxygen atoms in total. The van der Waals surface area contributed by atoms with E-state index in [0.29, 0.717) is 5.57 Å². The van der Waals surface area contributed by atoms with Gasteiger partial charge in [-0.25, -0.2) is 14.5 Å². The number of thiazole rings is 1.